The van der Waals surface area contributed by atoms with Gasteiger partial charge >= 0.3 is 0 Å². The fourth-order valence-electron chi connectivity index (χ4n) is 4.32. The van der Waals surface area contributed by atoms with Gasteiger partial charge in [0.2, 0.25) is 16.4 Å². The minimum Gasteiger partial charge on any atom is -0.346 e. The Hall–Kier alpha value is -3.64. The number of carbonyl (C=O) groups excluding carboxylic acids is 1. The van der Waals surface area contributed by atoms with Crippen molar-refractivity contribution in [3.8, 4) is 11.1 Å². The van der Waals surface area contributed by atoms with Crippen molar-refractivity contribution in [2.75, 3.05) is 18.0 Å². The predicted octanol–water partition coefficient (Wildman–Crippen LogP) is 3.08. The fourth-order valence-corrected chi connectivity index (χ4v) is 5.85. The lowest BCUT2D eigenvalue weighted by molar-refractivity contribution is -0.107. The highest BCUT2D eigenvalue weighted by atomic mass is 32.2. The second kappa shape index (κ2) is 7.95. The first-order chi connectivity index (χ1) is 16.8. The summed E-state index contributed by atoms with van der Waals surface area (Å²) in [7, 11) is -3.93. The van der Waals surface area contributed by atoms with Crippen LogP contribution in [-0.4, -0.2) is 58.0 Å². The van der Waals surface area contributed by atoms with Gasteiger partial charge in [0.1, 0.15) is 11.5 Å². The first kappa shape index (κ1) is 21.9. The van der Waals surface area contributed by atoms with Crippen molar-refractivity contribution < 1.29 is 22.0 Å². The molecule has 0 spiro atoms. The van der Waals surface area contributed by atoms with Crippen molar-refractivity contribution in [3.05, 3.63) is 60.6 Å². The molecule has 0 bridgehead atoms. The molecule has 2 aliphatic rings. The van der Waals surface area contributed by atoms with Crippen LogP contribution >= 0.6 is 0 Å². The van der Waals surface area contributed by atoms with E-state index in [1.807, 2.05) is 18.3 Å². The van der Waals surface area contributed by atoms with Crippen LogP contribution in [0.5, 0.6) is 0 Å². The molecule has 0 atom stereocenters. The van der Waals surface area contributed by atoms with Crippen LogP contribution < -0.4 is 4.90 Å². The molecule has 4 heterocycles. The molecular weight excluding hydrogens is 478 g/mol. The molecule has 12 heteroatoms. The second-order valence-electron chi connectivity index (χ2n) is 8.77. The first-order valence-electron chi connectivity index (χ1n) is 11.1. The number of H-pyrrole nitrogens is 1. The number of aromatic nitrogens is 4. The van der Waals surface area contributed by atoms with Gasteiger partial charge in [-0.15, -0.1) is 0 Å². The number of halogens is 2. The van der Waals surface area contributed by atoms with Crippen molar-refractivity contribution in [2.45, 2.75) is 29.8 Å². The van der Waals surface area contributed by atoms with Gasteiger partial charge in [0, 0.05) is 42.5 Å². The van der Waals surface area contributed by atoms with E-state index in [1.54, 1.807) is 22.0 Å². The SMILES string of the molecule is O=CN(c1cc(-c2cnn(C3CN(S(=O)(=O)c4ccc(F)c(F)c4)C3)c2)c2cc[nH]c2n1)C1CC1. The van der Waals surface area contributed by atoms with Gasteiger partial charge in [0.05, 0.1) is 17.1 Å². The third-order valence-electron chi connectivity index (χ3n) is 6.48. The maximum atomic E-state index is 13.5. The van der Waals surface area contributed by atoms with Crippen molar-refractivity contribution >= 4 is 33.3 Å². The molecule has 1 aliphatic heterocycles. The number of pyridine rings is 1. The minimum absolute atomic E-state index is 0.157. The third-order valence-corrected chi connectivity index (χ3v) is 8.31. The molecule has 9 nitrogen and oxygen atoms in total. The lowest BCUT2D eigenvalue weighted by Gasteiger charge is -2.37. The quantitative estimate of drug-likeness (QED) is 0.395. The van der Waals surface area contributed by atoms with Crippen LogP contribution in [0.4, 0.5) is 14.6 Å². The molecule has 1 amide bonds. The van der Waals surface area contributed by atoms with E-state index in [1.165, 1.54) is 4.31 Å². The predicted molar refractivity (Wildman–Crippen MR) is 123 cm³/mol. The molecule has 1 N–H and O–H groups in total. The topological polar surface area (TPSA) is 104 Å². The number of carbonyl (C=O) groups is 1. The maximum Gasteiger partial charge on any atom is 0.243 e. The lowest BCUT2D eigenvalue weighted by Crippen LogP contribution is -2.50. The fraction of sp³-hybridized carbons (Fsp3) is 0.261. The molecule has 0 unspecified atom stereocenters. The van der Waals surface area contributed by atoms with E-state index in [4.69, 9.17) is 0 Å². The molecule has 1 saturated heterocycles. The normalized spacial score (nSPS) is 17.0. The van der Waals surface area contributed by atoms with Crippen LogP contribution in [0.2, 0.25) is 0 Å². The summed E-state index contributed by atoms with van der Waals surface area (Å²) in [6.07, 6.45) is 8.01. The number of nitrogens with one attached hydrogen (secondary N) is 1. The van der Waals surface area contributed by atoms with E-state index in [2.05, 4.69) is 15.1 Å². The van der Waals surface area contributed by atoms with E-state index in [9.17, 15) is 22.0 Å². The van der Waals surface area contributed by atoms with Gasteiger partial charge in [-0.2, -0.15) is 9.40 Å². The molecule has 3 aromatic heterocycles. The monoisotopic (exact) mass is 498 g/mol. The summed E-state index contributed by atoms with van der Waals surface area (Å²) < 4.78 is 55.1. The molecule has 4 aromatic rings. The molecule has 180 valence electrons. The van der Waals surface area contributed by atoms with E-state index < -0.39 is 21.7 Å². The number of rotatable bonds is 7. The minimum atomic E-state index is -3.93. The van der Waals surface area contributed by atoms with Gasteiger partial charge in [0.15, 0.2) is 11.6 Å². The Bertz CT molecular complexity index is 1560. The summed E-state index contributed by atoms with van der Waals surface area (Å²) in [6.45, 7) is 0.314. The Labute approximate surface area is 199 Å². The number of aromatic amines is 1. The molecule has 1 aliphatic carbocycles. The zero-order valence-corrected chi connectivity index (χ0v) is 19.1. The first-order valence-corrected chi connectivity index (χ1v) is 12.5. The second-order valence-corrected chi connectivity index (χ2v) is 10.7. The van der Waals surface area contributed by atoms with Crippen LogP contribution in [0.15, 0.2) is 53.8 Å². The number of nitrogens with zero attached hydrogens (tertiary/aromatic N) is 5. The van der Waals surface area contributed by atoms with Crippen molar-refractivity contribution in [2.24, 2.45) is 0 Å². The van der Waals surface area contributed by atoms with Crippen molar-refractivity contribution in [1.29, 1.82) is 0 Å². The molecule has 0 radical (unpaired) electrons. The molecule has 35 heavy (non-hydrogen) atoms. The Morgan fingerprint density at radius 2 is 1.91 bits per heavy atom. The average molecular weight is 499 g/mol. The van der Waals surface area contributed by atoms with Crippen molar-refractivity contribution in [3.63, 3.8) is 0 Å². The summed E-state index contributed by atoms with van der Waals surface area (Å²) in [6, 6.07) is 6.29. The molecule has 1 aromatic carbocycles. The van der Waals surface area contributed by atoms with Crippen molar-refractivity contribution in [1.82, 2.24) is 24.1 Å². The molecule has 1 saturated carbocycles. The summed E-state index contributed by atoms with van der Waals surface area (Å²) in [5.41, 5.74) is 2.32. The van der Waals surface area contributed by atoms with Crippen LogP contribution in [0, 0.1) is 11.6 Å². The summed E-state index contributed by atoms with van der Waals surface area (Å²) >= 11 is 0. The Morgan fingerprint density at radius 3 is 2.63 bits per heavy atom. The maximum absolute atomic E-state index is 13.5. The number of benzene rings is 1. The van der Waals surface area contributed by atoms with Gasteiger partial charge < -0.3 is 4.98 Å². The highest BCUT2D eigenvalue weighted by molar-refractivity contribution is 7.89. The lowest BCUT2D eigenvalue weighted by atomic mass is 10.1. The average Bonchev–Trinajstić information content (AvgIpc) is 3.31. The van der Waals surface area contributed by atoms with Crippen LogP contribution in [0.1, 0.15) is 18.9 Å². The van der Waals surface area contributed by atoms with Gasteiger partial charge in [-0.25, -0.2) is 22.2 Å². The summed E-state index contributed by atoms with van der Waals surface area (Å²) in [4.78, 5) is 20.7. The standard InChI is InChI=1S/C23H20F2N6O3S/c24-20-4-3-17(7-21(20)25)35(33,34)29-11-16(12-29)31-10-14(9-27-31)19-8-22(30(13-32)15-1-2-15)28-23-18(19)5-6-26-23/h3-10,13,15-16H,1-2,11-12H2,(H,26,28). The van der Waals surface area contributed by atoms with Crippen LogP contribution in [0.25, 0.3) is 22.2 Å². The van der Waals surface area contributed by atoms with Gasteiger partial charge in [-0.1, -0.05) is 0 Å². The Kier molecular flexibility index (Phi) is 4.97. The summed E-state index contributed by atoms with van der Waals surface area (Å²) in [5.74, 6) is -1.74. The zero-order valence-electron chi connectivity index (χ0n) is 18.3. The van der Waals surface area contributed by atoms with Crippen LogP contribution in [0.3, 0.4) is 0 Å². The number of hydrogen-bond donors (Lipinski definition) is 1. The third kappa shape index (κ3) is 3.69. The highest BCUT2D eigenvalue weighted by Gasteiger charge is 2.38. The van der Waals surface area contributed by atoms with Gasteiger partial charge in [0.25, 0.3) is 0 Å². The number of sulfonamides is 1. The molecular formula is C23H20F2N6O3S. The number of fused-ring (bicyclic) bond motifs is 1. The van der Waals surface area contributed by atoms with Gasteiger partial charge in [-0.3, -0.25) is 14.4 Å². The number of amides is 1. The molecule has 2 fully saturated rings. The smallest absolute Gasteiger partial charge is 0.243 e. The largest absolute Gasteiger partial charge is 0.346 e. The number of anilines is 1. The summed E-state index contributed by atoms with van der Waals surface area (Å²) in [5, 5.41) is 5.32. The highest BCUT2D eigenvalue weighted by Crippen LogP contribution is 2.36. The zero-order chi connectivity index (χ0) is 24.3. The van der Waals surface area contributed by atoms with Crippen LogP contribution in [-0.2, 0) is 14.8 Å². The van der Waals surface area contributed by atoms with E-state index >= 15 is 0 Å². The van der Waals surface area contributed by atoms with E-state index in [0.29, 0.717) is 17.5 Å². The van der Waals surface area contributed by atoms with E-state index in [-0.39, 0.29) is 30.1 Å². The number of hydrogen-bond acceptors (Lipinski definition) is 5. The van der Waals surface area contributed by atoms with Gasteiger partial charge in [-0.05, 0) is 48.7 Å². The molecule has 6 rings (SSSR count). The van der Waals surface area contributed by atoms with E-state index in [0.717, 1.165) is 47.9 Å². The Balaban J connectivity index is 1.25. The Morgan fingerprint density at radius 1 is 1.11 bits per heavy atom.